The molecule has 1 rings (SSSR count). The summed E-state index contributed by atoms with van der Waals surface area (Å²) in [5.41, 5.74) is 1.40. The second-order valence-corrected chi connectivity index (χ2v) is 3.45. The van der Waals surface area contributed by atoms with Gasteiger partial charge < -0.3 is 4.74 Å². The van der Waals surface area contributed by atoms with Gasteiger partial charge >= 0.3 is 0 Å². The van der Waals surface area contributed by atoms with Crippen molar-refractivity contribution in [3.8, 4) is 0 Å². The van der Waals surface area contributed by atoms with Crippen molar-refractivity contribution >= 4 is 0 Å². The third kappa shape index (κ3) is 3.06. The summed E-state index contributed by atoms with van der Waals surface area (Å²) in [6.07, 6.45) is 4.84. The van der Waals surface area contributed by atoms with Crippen molar-refractivity contribution in [2.75, 3.05) is 13.2 Å². The topological polar surface area (TPSA) is 9.23 Å². The Hall–Kier alpha value is -0.300. The van der Waals surface area contributed by atoms with Gasteiger partial charge in [0.25, 0.3) is 0 Å². The van der Waals surface area contributed by atoms with E-state index in [0.29, 0.717) is 0 Å². The third-order valence-corrected chi connectivity index (χ3v) is 2.15. The van der Waals surface area contributed by atoms with Gasteiger partial charge in [-0.1, -0.05) is 25.5 Å². The van der Waals surface area contributed by atoms with Crippen LogP contribution in [0.5, 0.6) is 0 Å². The van der Waals surface area contributed by atoms with E-state index in [9.17, 15) is 0 Å². The molecule has 0 N–H and O–H groups in total. The van der Waals surface area contributed by atoms with E-state index >= 15 is 0 Å². The first-order valence-corrected chi connectivity index (χ1v) is 4.57. The largest absolute Gasteiger partial charge is 0.381 e. The molecule has 1 nitrogen and oxygen atoms in total. The first kappa shape index (κ1) is 8.79. The van der Waals surface area contributed by atoms with Crippen LogP contribution in [0.3, 0.4) is 0 Å². The van der Waals surface area contributed by atoms with Crippen molar-refractivity contribution in [2.24, 2.45) is 5.92 Å². The minimum Gasteiger partial charge on any atom is -0.381 e. The Labute approximate surface area is 69.4 Å². The second-order valence-electron chi connectivity index (χ2n) is 3.45. The highest BCUT2D eigenvalue weighted by atomic mass is 16.5. The van der Waals surface area contributed by atoms with Gasteiger partial charge in [-0.15, -0.1) is 0 Å². The van der Waals surface area contributed by atoms with Crippen molar-refractivity contribution < 1.29 is 4.74 Å². The zero-order chi connectivity index (χ0) is 8.10. The average molecular weight is 154 g/mol. The van der Waals surface area contributed by atoms with Crippen LogP contribution in [0.15, 0.2) is 12.2 Å². The van der Waals surface area contributed by atoms with Crippen LogP contribution >= 0.6 is 0 Å². The molecule has 1 heteroatoms. The van der Waals surface area contributed by atoms with Gasteiger partial charge in [-0.25, -0.2) is 0 Å². The van der Waals surface area contributed by atoms with Crippen molar-refractivity contribution in [2.45, 2.75) is 32.6 Å². The van der Waals surface area contributed by atoms with Crippen LogP contribution in [0.25, 0.3) is 0 Å². The SMILES string of the molecule is C=C1CC(COCCCC)C1. The first-order valence-electron chi connectivity index (χ1n) is 4.57. The van der Waals surface area contributed by atoms with E-state index in [-0.39, 0.29) is 0 Å². The molecule has 0 atom stereocenters. The van der Waals surface area contributed by atoms with Crippen LogP contribution in [0.2, 0.25) is 0 Å². The van der Waals surface area contributed by atoms with Crippen LogP contribution in [-0.4, -0.2) is 13.2 Å². The van der Waals surface area contributed by atoms with Gasteiger partial charge in [0.05, 0.1) is 0 Å². The van der Waals surface area contributed by atoms with Gasteiger partial charge in [-0.3, -0.25) is 0 Å². The molecule has 0 saturated heterocycles. The molecule has 1 aliphatic carbocycles. The monoisotopic (exact) mass is 154 g/mol. The van der Waals surface area contributed by atoms with Gasteiger partial charge in [0.2, 0.25) is 0 Å². The van der Waals surface area contributed by atoms with E-state index in [0.717, 1.165) is 19.1 Å². The average Bonchev–Trinajstić information content (AvgIpc) is 1.94. The van der Waals surface area contributed by atoms with E-state index in [1.807, 2.05) is 0 Å². The molecule has 0 unspecified atom stereocenters. The Morgan fingerprint density at radius 3 is 2.82 bits per heavy atom. The van der Waals surface area contributed by atoms with Gasteiger partial charge in [0.1, 0.15) is 0 Å². The number of allylic oxidation sites excluding steroid dienone is 1. The van der Waals surface area contributed by atoms with E-state index in [2.05, 4.69) is 13.5 Å². The van der Waals surface area contributed by atoms with Crippen LogP contribution in [0, 0.1) is 5.92 Å². The normalized spacial score (nSPS) is 18.5. The van der Waals surface area contributed by atoms with E-state index in [1.165, 1.54) is 31.3 Å². The minimum atomic E-state index is 0.791. The molecule has 0 aromatic rings. The maximum atomic E-state index is 5.49. The summed E-state index contributed by atoms with van der Waals surface area (Å²) >= 11 is 0. The fraction of sp³-hybridized carbons (Fsp3) is 0.800. The summed E-state index contributed by atoms with van der Waals surface area (Å²) in [5.74, 6) is 0.791. The molecule has 1 fully saturated rings. The molecule has 64 valence electrons. The lowest BCUT2D eigenvalue weighted by molar-refractivity contribution is 0.0844. The Kier molecular flexibility index (Phi) is 3.64. The Bertz CT molecular complexity index is 121. The predicted octanol–water partition coefficient (Wildman–Crippen LogP) is 2.77. The first-order chi connectivity index (χ1) is 5.33. The molecule has 0 aliphatic heterocycles. The van der Waals surface area contributed by atoms with Crippen molar-refractivity contribution in [3.05, 3.63) is 12.2 Å². The molecule has 0 amide bonds. The highest BCUT2D eigenvalue weighted by Crippen LogP contribution is 2.31. The number of rotatable bonds is 5. The quantitative estimate of drug-likeness (QED) is 0.437. The van der Waals surface area contributed by atoms with Crippen LogP contribution < -0.4 is 0 Å². The summed E-state index contributed by atoms with van der Waals surface area (Å²) < 4.78 is 5.49. The molecule has 0 spiro atoms. The Morgan fingerprint density at radius 1 is 1.55 bits per heavy atom. The third-order valence-electron chi connectivity index (χ3n) is 2.15. The lowest BCUT2D eigenvalue weighted by Crippen LogP contribution is -2.19. The molecule has 0 radical (unpaired) electrons. The zero-order valence-electron chi connectivity index (χ0n) is 7.44. The van der Waals surface area contributed by atoms with E-state index in [4.69, 9.17) is 4.74 Å². The highest BCUT2D eigenvalue weighted by Gasteiger charge is 2.20. The summed E-state index contributed by atoms with van der Waals surface area (Å²) in [5, 5.41) is 0. The highest BCUT2D eigenvalue weighted by molar-refractivity contribution is 5.07. The van der Waals surface area contributed by atoms with Gasteiger partial charge in [-0.05, 0) is 25.2 Å². The fourth-order valence-corrected chi connectivity index (χ4v) is 1.37. The molecule has 0 heterocycles. The van der Waals surface area contributed by atoms with Crippen LogP contribution in [-0.2, 0) is 4.74 Å². The summed E-state index contributed by atoms with van der Waals surface area (Å²) in [7, 11) is 0. The maximum Gasteiger partial charge on any atom is 0.0500 e. The molecule has 1 aliphatic rings. The van der Waals surface area contributed by atoms with Crippen LogP contribution in [0.1, 0.15) is 32.6 Å². The standard InChI is InChI=1S/C10H18O/c1-3-4-5-11-8-10-6-9(2)7-10/h10H,2-8H2,1H3. The predicted molar refractivity (Wildman–Crippen MR) is 47.6 cm³/mol. The van der Waals surface area contributed by atoms with Gasteiger partial charge in [0.15, 0.2) is 0 Å². The Balaban J connectivity index is 1.85. The lowest BCUT2D eigenvalue weighted by Gasteiger charge is -2.27. The second kappa shape index (κ2) is 4.55. The van der Waals surface area contributed by atoms with E-state index in [1.54, 1.807) is 0 Å². The molecule has 0 aromatic carbocycles. The van der Waals surface area contributed by atoms with Crippen molar-refractivity contribution in [3.63, 3.8) is 0 Å². The van der Waals surface area contributed by atoms with Crippen molar-refractivity contribution in [1.82, 2.24) is 0 Å². The fourth-order valence-electron chi connectivity index (χ4n) is 1.37. The molecule has 11 heavy (non-hydrogen) atoms. The van der Waals surface area contributed by atoms with Gasteiger partial charge in [0, 0.05) is 13.2 Å². The van der Waals surface area contributed by atoms with Crippen LogP contribution in [0.4, 0.5) is 0 Å². The van der Waals surface area contributed by atoms with Crippen molar-refractivity contribution in [1.29, 1.82) is 0 Å². The number of ether oxygens (including phenoxy) is 1. The number of hydrogen-bond acceptors (Lipinski definition) is 1. The summed E-state index contributed by atoms with van der Waals surface area (Å²) in [4.78, 5) is 0. The lowest BCUT2D eigenvalue weighted by atomic mass is 9.82. The van der Waals surface area contributed by atoms with E-state index < -0.39 is 0 Å². The molecule has 0 bridgehead atoms. The molecular formula is C10H18O. The zero-order valence-corrected chi connectivity index (χ0v) is 7.44. The molecule has 0 aromatic heterocycles. The van der Waals surface area contributed by atoms with Gasteiger partial charge in [-0.2, -0.15) is 0 Å². The smallest absolute Gasteiger partial charge is 0.0500 e. The number of hydrogen-bond donors (Lipinski definition) is 0. The Morgan fingerprint density at radius 2 is 2.27 bits per heavy atom. The molecule has 1 saturated carbocycles. The summed E-state index contributed by atoms with van der Waals surface area (Å²) in [6, 6.07) is 0. The minimum absolute atomic E-state index is 0.791. The molecular weight excluding hydrogens is 136 g/mol. The number of unbranched alkanes of at least 4 members (excludes halogenated alkanes) is 1. The maximum absolute atomic E-state index is 5.49. The summed E-state index contributed by atoms with van der Waals surface area (Å²) in [6.45, 7) is 7.99.